The molecule has 3 fully saturated rings. The van der Waals surface area contributed by atoms with Crippen LogP contribution in [-0.4, -0.2) is 139 Å². The number of nitrogens with zero attached hydrogens (tertiary/aromatic N) is 5. The lowest BCUT2D eigenvalue weighted by atomic mass is 10.2. The number of fused-ring (bicyclic) bond motifs is 1. The molecule has 73 heavy (non-hydrogen) atoms. The van der Waals surface area contributed by atoms with Crippen molar-refractivity contribution >= 4 is 91.2 Å². The zero-order valence-electron chi connectivity index (χ0n) is 38.7. The Morgan fingerprint density at radius 1 is 0.671 bits per heavy atom. The lowest BCUT2D eigenvalue weighted by molar-refractivity contribution is -0.0545. The van der Waals surface area contributed by atoms with Crippen LogP contribution in [0.15, 0.2) is 42.7 Å². The number of nitrogens with two attached hydrogens (primary N) is 1. The second kappa shape index (κ2) is 23.6. The highest BCUT2D eigenvalue weighted by molar-refractivity contribution is 8.08. The SMILES string of the molecule is Cc1cn([C@H]2CC(OP(O)(=S)OCCO)[C@@H](COP(O)(=S)OC3C[C@H](n4cc(C)c(=O)[nH]c4=O)O[C@@H]3COP(O)(=S)OC3C[C@H](n4cnc5c(=O)[nH]c(N)nc54)O[C@@H]3COP(O)(=S)OC(C)C)O2)c(=O)[nH]c1=O. The third-order valence-electron chi connectivity index (χ3n) is 10.9. The minimum Gasteiger partial charge on any atom is -0.394 e. The molecule has 4 aromatic rings. The summed E-state index contributed by atoms with van der Waals surface area (Å²) in [6.45, 7) is -13.1. The predicted molar refractivity (Wildman–Crippen MR) is 268 cm³/mol. The van der Waals surface area contributed by atoms with Crippen LogP contribution in [0, 0.1) is 13.8 Å². The van der Waals surface area contributed by atoms with Crippen molar-refractivity contribution in [2.24, 2.45) is 0 Å². The highest BCUT2D eigenvalue weighted by Gasteiger charge is 2.46. The van der Waals surface area contributed by atoms with Crippen LogP contribution in [0.1, 0.15) is 62.9 Å². The number of aromatic nitrogens is 8. The Balaban J connectivity index is 1.09. The van der Waals surface area contributed by atoms with Gasteiger partial charge in [0.15, 0.2) is 11.2 Å². The van der Waals surface area contributed by atoms with Gasteiger partial charge >= 0.3 is 38.3 Å². The number of anilines is 1. The van der Waals surface area contributed by atoms with E-state index in [9.17, 15) is 48.7 Å². The van der Waals surface area contributed by atoms with E-state index in [0.717, 1.165) is 9.13 Å². The molecule has 0 aromatic carbocycles. The van der Waals surface area contributed by atoms with Crippen molar-refractivity contribution in [1.29, 1.82) is 0 Å². The van der Waals surface area contributed by atoms with Gasteiger partial charge in [-0.3, -0.25) is 43.0 Å². The van der Waals surface area contributed by atoms with Gasteiger partial charge in [-0.05, 0) is 74.9 Å². The van der Waals surface area contributed by atoms with Crippen LogP contribution in [0.3, 0.4) is 0 Å². The predicted octanol–water partition coefficient (Wildman–Crippen LogP) is -0.212. The Morgan fingerprint density at radius 3 is 1.51 bits per heavy atom. The first kappa shape index (κ1) is 58.2. The molecule has 406 valence electrons. The summed E-state index contributed by atoms with van der Waals surface area (Å²) in [7, 11) is 0. The van der Waals surface area contributed by atoms with E-state index >= 15 is 0 Å². The maximum absolute atomic E-state index is 13.0. The molecular weight excluding hydrogens is 1130 g/mol. The van der Waals surface area contributed by atoms with Crippen LogP contribution >= 0.6 is 26.9 Å². The Hall–Kier alpha value is -2.53. The number of imidazole rings is 1. The third-order valence-corrected chi connectivity index (χ3v) is 17.4. The largest absolute Gasteiger partial charge is 0.394 e. The van der Waals surface area contributed by atoms with Crippen LogP contribution in [0.25, 0.3) is 11.2 Å². The molecule has 0 amide bonds. The first-order chi connectivity index (χ1) is 34.1. The van der Waals surface area contributed by atoms with E-state index in [1.807, 2.05) is 0 Å². The van der Waals surface area contributed by atoms with Gasteiger partial charge in [0.25, 0.3) is 16.7 Å². The summed E-state index contributed by atoms with van der Waals surface area (Å²) < 4.78 is 67.2. The van der Waals surface area contributed by atoms with Crippen molar-refractivity contribution in [3.8, 4) is 0 Å². The van der Waals surface area contributed by atoms with Crippen LogP contribution in [0.2, 0.25) is 0 Å². The van der Waals surface area contributed by atoms with E-state index < -0.39 is 143 Å². The smallest absolute Gasteiger partial charge is 0.330 e. The topological polar surface area (TPSA) is 402 Å². The molecule has 7 heterocycles. The standard InChI is InChI=1S/C35H51N9O21P4S4/c1-16(2)62-67(52,71)56-12-24-21(9-27(61-24)44-15-37-28-29(44)38-33(36)39-32(28)48)65-69(54,73)58-14-23-20(8-26(60-23)43-11-18(4)31(47)41-35(43)50)64-68(53,72)57-13-22-19(63-66(51,70)55-6-5-45)7-25(59-22)42-10-17(3)30(46)40-34(42)49/h10-11,15-16,19-27,45H,5-9,12-14H2,1-4H3,(H,51,70)(H,52,71)(H,53,72)(H,54,73)(H,40,46,49)(H,41,47,50)(H3,36,38,39,48)/t19?,20?,21?,22-,23-,24-,25-,26-,27-,66?,67?,68?,69?/m1/s1. The van der Waals surface area contributed by atoms with Crippen molar-refractivity contribution in [2.75, 3.05) is 38.8 Å². The van der Waals surface area contributed by atoms with Crippen LogP contribution in [0.4, 0.5) is 5.95 Å². The summed E-state index contributed by atoms with van der Waals surface area (Å²) in [5.41, 5.74) is 2.45. The fourth-order valence-corrected chi connectivity index (χ4v) is 13.8. The molecule has 3 aliphatic rings. The monoisotopic (exact) mass is 1190 g/mol. The number of rotatable bonds is 23. The number of H-pyrrole nitrogens is 3. The van der Waals surface area contributed by atoms with Gasteiger partial charge in [-0.25, -0.2) is 14.6 Å². The molecule has 3 saturated heterocycles. The molecule has 0 bridgehead atoms. The van der Waals surface area contributed by atoms with Crippen LogP contribution < -0.4 is 33.8 Å². The van der Waals surface area contributed by atoms with Gasteiger partial charge in [0.1, 0.15) is 37.0 Å². The van der Waals surface area contributed by atoms with E-state index in [1.165, 1.54) is 37.1 Å². The number of aliphatic hydroxyl groups is 1. The first-order valence-corrected chi connectivity index (χ1v) is 32.0. The molecule has 7 unspecified atom stereocenters. The van der Waals surface area contributed by atoms with Gasteiger partial charge in [-0.15, -0.1) is 0 Å². The summed E-state index contributed by atoms with van der Waals surface area (Å²) >= 11 is 21.1. The van der Waals surface area contributed by atoms with E-state index in [1.54, 1.807) is 13.8 Å². The van der Waals surface area contributed by atoms with Gasteiger partial charge < -0.3 is 80.8 Å². The summed E-state index contributed by atoms with van der Waals surface area (Å²) in [5, 5.41) is 9.23. The van der Waals surface area contributed by atoms with Gasteiger partial charge in [0, 0.05) is 42.8 Å². The average molecular weight is 1190 g/mol. The number of aryl methyl sites for hydroxylation is 2. The number of hydrogen-bond acceptors (Lipinski definition) is 24. The normalized spacial score (nSPS) is 27.8. The quantitative estimate of drug-likeness (QED) is 0.0434. The summed E-state index contributed by atoms with van der Waals surface area (Å²) in [6, 6.07) is 0. The number of nitrogens with one attached hydrogen (secondary N) is 3. The summed E-state index contributed by atoms with van der Waals surface area (Å²) in [6.07, 6.45) is -8.03. The van der Waals surface area contributed by atoms with E-state index in [2.05, 4.69) is 24.9 Å². The summed E-state index contributed by atoms with van der Waals surface area (Å²) in [4.78, 5) is 122. The minimum absolute atomic E-state index is 0.0469. The van der Waals surface area contributed by atoms with Crippen molar-refractivity contribution in [3.05, 3.63) is 81.9 Å². The second-order valence-electron chi connectivity index (χ2n) is 16.7. The molecule has 3 aliphatic heterocycles. The average Bonchev–Trinajstić information content (AvgIpc) is 4.08. The van der Waals surface area contributed by atoms with E-state index in [0.29, 0.717) is 0 Å². The van der Waals surface area contributed by atoms with Gasteiger partial charge in [0.2, 0.25) is 5.95 Å². The molecule has 30 nitrogen and oxygen atoms in total. The number of aromatic amines is 3. The van der Waals surface area contributed by atoms with Gasteiger partial charge in [-0.1, -0.05) is 0 Å². The molecule has 38 heteroatoms. The molecule has 7 rings (SSSR count). The van der Waals surface area contributed by atoms with E-state index in [4.69, 9.17) is 103 Å². The first-order valence-electron chi connectivity index (χ1n) is 21.7. The van der Waals surface area contributed by atoms with E-state index in [-0.39, 0.29) is 54.1 Å². The Kier molecular flexibility index (Phi) is 18.8. The molecule has 10 N–H and O–H groups in total. The van der Waals surface area contributed by atoms with Crippen molar-refractivity contribution in [2.45, 2.75) is 108 Å². The number of ether oxygens (including phenoxy) is 3. The fourth-order valence-electron chi connectivity index (χ4n) is 7.71. The fraction of sp³-hybridized carbons (Fsp3) is 0.629. The lowest BCUT2D eigenvalue weighted by Crippen LogP contribution is -2.33. The number of nitrogen functional groups attached to an aromatic ring is 1. The lowest BCUT2D eigenvalue weighted by Gasteiger charge is -2.28. The van der Waals surface area contributed by atoms with Crippen LogP contribution in [0.5, 0.6) is 0 Å². The molecule has 0 radical (unpaired) electrons. The molecule has 0 saturated carbocycles. The Bertz CT molecular complexity index is 3170. The highest BCUT2D eigenvalue weighted by atomic mass is 32.5. The molecule has 0 spiro atoms. The van der Waals surface area contributed by atoms with Crippen molar-refractivity contribution < 1.29 is 75.1 Å². The highest BCUT2D eigenvalue weighted by Crippen LogP contribution is 2.54. The van der Waals surface area contributed by atoms with Crippen LogP contribution in [-0.2, 0) is 97.6 Å². The molecule has 0 aliphatic carbocycles. The zero-order chi connectivity index (χ0) is 53.4. The molecule has 4 aromatic heterocycles. The molecule has 13 atom stereocenters. The van der Waals surface area contributed by atoms with Crippen molar-refractivity contribution in [1.82, 2.24) is 38.6 Å². The van der Waals surface area contributed by atoms with Crippen molar-refractivity contribution in [3.63, 3.8) is 0 Å². The number of hydrogen-bond donors (Lipinski definition) is 9. The minimum atomic E-state index is -4.43. The number of aliphatic hydroxyl groups excluding tert-OH is 1. The molecular formula is C35H51N9O21P4S4. The Morgan fingerprint density at radius 2 is 1.08 bits per heavy atom. The maximum atomic E-state index is 13.0. The Labute approximate surface area is 432 Å². The maximum Gasteiger partial charge on any atom is 0.330 e. The van der Waals surface area contributed by atoms with Gasteiger partial charge in [-0.2, -0.15) is 4.98 Å². The summed E-state index contributed by atoms with van der Waals surface area (Å²) in [5.74, 6) is -0.208. The van der Waals surface area contributed by atoms with Gasteiger partial charge in [0.05, 0.1) is 63.8 Å². The second-order valence-corrected chi connectivity index (χ2v) is 27.9. The third kappa shape index (κ3) is 14.9. The zero-order valence-corrected chi connectivity index (χ0v) is 45.5.